The van der Waals surface area contributed by atoms with Gasteiger partial charge in [-0.3, -0.25) is 19.1 Å². The number of anilines is 1. The number of amides is 3. The molecular weight excluding hydrogens is 632 g/mol. The van der Waals surface area contributed by atoms with E-state index in [-0.39, 0.29) is 45.0 Å². The monoisotopic (exact) mass is 667 g/mol. The maximum Gasteiger partial charge on any atom is 0.291 e. The lowest BCUT2D eigenvalue weighted by molar-refractivity contribution is -0.132. The first-order valence-electron chi connectivity index (χ1n) is 15.2. The lowest BCUT2D eigenvalue weighted by Crippen LogP contribution is -2.50. The molecule has 14 heteroatoms. The van der Waals surface area contributed by atoms with Crippen LogP contribution in [0.4, 0.5) is 14.5 Å². The Labute approximate surface area is 276 Å². The van der Waals surface area contributed by atoms with Gasteiger partial charge >= 0.3 is 0 Å². The van der Waals surface area contributed by atoms with Gasteiger partial charge in [-0.2, -0.15) is 5.10 Å². The number of nitrogens with one attached hydrogen (secondary N) is 1. The van der Waals surface area contributed by atoms with Crippen molar-refractivity contribution < 1.29 is 27.9 Å². The summed E-state index contributed by atoms with van der Waals surface area (Å²) >= 11 is 6.46. The molecule has 3 amide bonds. The van der Waals surface area contributed by atoms with Crippen LogP contribution in [0.1, 0.15) is 46.4 Å². The molecule has 5 rings (SSSR count). The zero-order valence-electron chi connectivity index (χ0n) is 26.6. The van der Waals surface area contributed by atoms with Crippen molar-refractivity contribution in [2.24, 2.45) is 7.05 Å². The molecule has 2 aromatic heterocycles. The summed E-state index contributed by atoms with van der Waals surface area (Å²) in [7, 11) is 3.10. The number of ether oxygens (including phenoxy) is 1. The van der Waals surface area contributed by atoms with E-state index in [0.29, 0.717) is 62.7 Å². The van der Waals surface area contributed by atoms with Crippen molar-refractivity contribution in [2.75, 3.05) is 45.2 Å². The average Bonchev–Trinajstić information content (AvgIpc) is 3.62. The molecule has 47 heavy (non-hydrogen) atoms. The van der Waals surface area contributed by atoms with Crippen molar-refractivity contribution >= 4 is 35.0 Å². The smallest absolute Gasteiger partial charge is 0.291 e. The van der Waals surface area contributed by atoms with E-state index in [1.807, 2.05) is 6.92 Å². The van der Waals surface area contributed by atoms with Gasteiger partial charge in [0.1, 0.15) is 0 Å². The zero-order valence-corrected chi connectivity index (χ0v) is 27.4. The predicted molar refractivity (Wildman–Crippen MR) is 173 cm³/mol. The van der Waals surface area contributed by atoms with Crippen LogP contribution in [0.2, 0.25) is 5.02 Å². The third-order valence-electron chi connectivity index (χ3n) is 8.29. The minimum atomic E-state index is -1.08. The summed E-state index contributed by atoms with van der Waals surface area (Å²) < 4.78 is 38.9. The highest BCUT2D eigenvalue weighted by Crippen LogP contribution is 2.33. The lowest BCUT2D eigenvalue weighted by Gasteiger charge is -2.35. The number of hydrogen-bond acceptors (Lipinski definition) is 6. The fourth-order valence-corrected chi connectivity index (χ4v) is 5.86. The summed E-state index contributed by atoms with van der Waals surface area (Å²) in [6.45, 7) is 6.34. The van der Waals surface area contributed by atoms with E-state index >= 15 is 8.78 Å². The van der Waals surface area contributed by atoms with Crippen molar-refractivity contribution in [3.63, 3.8) is 0 Å². The van der Waals surface area contributed by atoms with Gasteiger partial charge in [-0.25, -0.2) is 13.8 Å². The average molecular weight is 668 g/mol. The standard InChI is InChI=1S/C33H36ClF2N7O4/c1-5-6-28(44)41-11-13-42(14-12-41)33(46)23-8-7-21(17-26(23)34)39-32(45)31-37-19-27(40(31)3)24-10-9-22(29(35)30(24)36)25-18-38-43(20(25)2)15-16-47-4/h7-10,17-19H,5-6,11-16H2,1-4H3,(H,39,45). The maximum absolute atomic E-state index is 15.5. The number of carbonyl (C=O) groups is 3. The minimum absolute atomic E-state index is 0.0501. The van der Waals surface area contributed by atoms with Gasteiger partial charge in [-0.1, -0.05) is 24.6 Å². The second-order valence-electron chi connectivity index (χ2n) is 11.2. The van der Waals surface area contributed by atoms with Gasteiger partial charge in [-0.15, -0.1) is 0 Å². The molecule has 0 saturated carbocycles. The van der Waals surface area contributed by atoms with Crippen LogP contribution < -0.4 is 5.32 Å². The molecule has 1 N–H and O–H groups in total. The number of aromatic nitrogens is 4. The van der Waals surface area contributed by atoms with Crippen molar-refractivity contribution in [1.82, 2.24) is 29.1 Å². The van der Waals surface area contributed by atoms with Gasteiger partial charge in [0.05, 0.1) is 41.8 Å². The van der Waals surface area contributed by atoms with Gasteiger partial charge in [0.2, 0.25) is 5.91 Å². The van der Waals surface area contributed by atoms with Crippen LogP contribution in [0.25, 0.3) is 22.4 Å². The van der Waals surface area contributed by atoms with Crippen molar-refractivity contribution in [2.45, 2.75) is 33.2 Å². The molecular formula is C33H36ClF2N7O4. The SMILES string of the molecule is CCCC(=O)N1CCN(C(=O)c2ccc(NC(=O)c3ncc(-c4ccc(-c5cnn(CCOC)c5C)c(F)c4F)n3C)cc2Cl)CC1. The topological polar surface area (TPSA) is 115 Å². The first-order chi connectivity index (χ1) is 22.5. The minimum Gasteiger partial charge on any atom is -0.383 e. The van der Waals surface area contributed by atoms with E-state index in [1.54, 1.807) is 34.6 Å². The van der Waals surface area contributed by atoms with Crippen molar-refractivity contribution in [1.29, 1.82) is 0 Å². The van der Waals surface area contributed by atoms with E-state index in [1.165, 1.54) is 48.3 Å². The number of carbonyl (C=O) groups excluding carboxylic acids is 3. The second kappa shape index (κ2) is 14.4. The highest BCUT2D eigenvalue weighted by molar-refractivity contribution is 6.34. The maximum atomic E-state index is 15.5. The molecule has 2 aromatic carbocycles. The van der Waals surface area contributed by atoms with Gasteiger partial charge in [-0.05, 0) is 37.6 Å². The molecule has 0 unspecified atom stereocenters. The molecule has 3 heterocycles. The Bertz CT molecular complexity index is 1810. The van der Waals surface area contributed by atoms with E-state index in [0.717, 1.165) is 6.42 Å². The normalized spacial score (nSPS) is 13.3. The molecule has 248 valence electrons. The van der Waals surface area contributed by atoms with Crippen molar-refractivity contribution in [3.8, 4) is 22.4 Å². The van der Waals surface area contributed by atoms with Crippen LogP contribution in [0, 0.1) is 18.6 Å². The largest absolute Gasteiger partial charge is 0.383 e. The number of nitrogens with zero attached hydrogens (tertiary/aromatic N) is 6. The Hall–Kier alpha value is -4.62. The fraction of sp³-hybridized carbons (Fsp3) is 0.364. The zero-order chi connectivity index (χ0) is 33.8. The first kappa shape index (κ1) is 33.7. The quantitative estimate of drug-likeness (QED) is 0.250. The van der Waals surface area contributed by atoms with Crippen molar-refractivity contribution in [3.05, 3.63) is 76.5 Å². The summed E-state index contributed by atoms with van der Waals surface area (Å²) in [4.78, 5) is 46.0. The number of halogens is 3. The molecule has 0 atom stereocenters. The molecule has 1 aliphatic heterocycles. The highest BCUT2D eigenvalue weighted by Gasteiger charge is 2.27. The summed E-state index contributed by atoms with van der Waals surface area (Å²) in [5.41, 5.74) is 1.92. The Morgan fingerprint density at radius 1 is 0.979 bits per heavy atom. The first-order valence-corrected chi connectivity index (χ1v) is 15.6. The molecule has 0 radical (unpaired) electrons. The van der Waals surface area contributed by atoms with Crippen LogP contribution in [0.15, 0.2) is 42.7 Å². The molecule has 0 spiro atoms. The number of benzene rings is 2. The molecule has 0 bridgehead atoms. The second-order valence-corrected chi connectivity index (χ2v) is 11.7. The number of hydrogen-bond donors (Lipinski definition) is 1. The fourth-order valence-electron chi connectivity index (χ4n) is 5.59. The van der Waals surface area contributed by atoms with E-state index in [2.05, 4.69) is 15.4 Å². The molecule has 0 aliphatic carbocycles. The predicted octanol–water partition coefficient (Wildman–Crippen LogP) is 5.17. The van der Waals surface area contributed by atoms with Gasteiger partial charge in [0.25, 0.3) is 11.8 Å². The Balaban J connectivity index is 1.28. The number of methoxy groups -OCH3 is 1. The molecule has 1 fully saturated rings. The van der Waals surface area contributed by atoms with Crippen LogP contribution in [-0.4, -0.2) is 86.7 Å². The van der Waals surface area contributed by atoms with Gasteiger partial charge < -0.3 is 24.4 Å². The molecule has 1 saturated heterocycles. The van der Waals surface area contributed by atoms with E-state index in [9.17, 15) is 14.4 Å². The number of rotatable bonds is 10. The Morgan fingerprint density at radius 3 is 2.34 bits per heavy atom. The van der Waals surface area contributed by atoms with E-state index in [4.69, 9.17) is 16.3 Å². The number of imidazole rings is 1. The summed E-state index contributed by atoms with van der Waals surface area (Å²) in [5.74, 6) is -2.96. The third kappa shape index (κ3) is 6.91. The van der Waals surface area contributed by atoms with Crippen LogP contribution in [0.3, 0.4) is 0 Å². The lowest BCUT2D eigenvalue weighted by atomic mass is 10.0. The molecule has 11 nitrogen and oxygen atoms in total. The Kier molecular flexibility index (Phi) is 10.4. The highest BCUT2D eigenvalue weighted by atomic mass is 35.5. The van der Waals surface area contributed by atoms with Gasteiger partial charge in [0, 0.05) is 74.8 Å². The van der Waals surface area contributed by atoms with Crippen LogP contribution >= 0.6 is 11.6 Å². The summed E-state index contributed by atoms with van der Waals surface area (Å²) in [6.07, 6.45) is 4.04. The number of piperazine rings is 1. The van der Waals surface area contributed by atoms with Crippen LogP contribution in [-0.2, 0) is 23.1 Å². The molecule has 1 aliphatic rings. The third-order valence-corrected chi connectivity index (χ3v) is 8.60. The van der Waals surface area contributed by atoms with E-state index < -0.39 is 17.5 Å². The Morgan fingerprint density at radius 2 is 1.66 bits per heavy atom. The van der Waals surface area contributed by atoms with Gasteiger partial charge in [0.15, 0.2) is 17.5 Å². The summed E-state index contributed by atoms with van der Waals surface area (Å²) in [5, 5.41) is 7.10. The molecule has 4 aromatic rings. The summed E-state index contributed by atoms with van der Waals surface area (Å²) in [6, 6.07) is 7.46. The van der Waals surface area contributed by atoms with Crippen LogP contribution in [0.5, 0.6) is 0 Å².